The average Bonchev–Trinajstić information content (AvgIpc) is 3.06. The molecule has 0 saturated heterocycles. The molecule has 26 heavy (non-hydrogen) atoms. The van der Waals surface area contributed by atoms with Crippen molar-refractivity contribution in [1.82, 2.24) is 25.1 Å². The Morgan fingerprint density at radius 1 is 1.15 bits per heavy atom. The van der Waals surface area contributed by atoms with Crippen LogP contribution in [0, 0.1) is 24.4 Å². The van der Waals surface area contributed by atoms with Crippen LogP contribution in [-0.2, 0) is 6.54 Å². The molecular weight excluding hydrogens is 347 g/mol. The van der Waals surface area contributed by atoms with Crippen LogP contribution in [0.2, 0.25) is 0 Å². The third kappa shape index (κ3) is 2.52. The van der Waals surface area contributed by atoms with Gasteiger partial charge in [0.2, 0.25) is 0 Å². The Morgan fingerprint density at radius 3 is 2.73 bits per heavy atom. The Kier molecular flexibility index (Phi) is 3.71. The predicted molar refractivity (Wildman–Crippen MR) is 85.6 cm³/mol. The second kappa shape index (κ2) is 5.94. The van der Waals surface area contributed by atoms with Crippen molar-refractivity contribution in [3.63, 3.8) is 0 Å². The van der Waals surface area contributed by atoms with Gasteiger partial charge < -0.3 is 5.32 Å². The van der Waals surface area contributed by atoms with Crippen LogP contribution in [0.4, 0.5) is 13.2 Å². The lowest BCUT2D eigenvalue weighted by Gasteiger charge is -2.13. The number of hydrogen-bond acceptors (Lipinski definition) is 4. The van der Waals surface area contributed by atoms with Crippen molar-refractivity contribution in [2.75, 3.05) is 6.54 Å². The number of aromatic nitrogens is 4. The third-order valence-corrected chi connectivity index (χ3v) is 4.10. The smallest absolute Gasteiger partial charge is 0.269 e. The molecule has 132 valence electrons. The van der Waals surface area contributed by atoms with Crippen molar-refractivity contribution >= 4 is 5.91 Å². The Hall–Kier alpha value is -3.23. The topological polar surface area (TPSA) is 72.7 Å². The summed E-state index contributed by atoms with van der Waals surface area (Å²) in [5.41, 5.74) is 0.202. The first-order chi connectivity index (χ1) is 12.5. The molecule has 2 aromatic heterocycles. The van der Waals surface area contributed by atoms with E-state index in [1.54, 1.807) is 0 Å². The van der Waals surface area contributed by atoms with E-state index in [1.807, 2.05) is 0 Å². The number of amides is 1. The molecule has 0 unspecified atom stereocenters. The summed E-state index contributed by atoms with van der Waals surface area (Å²) in [6.07, 6.45) is 1.30. The quantitative estimate of drug-likeness (QED) is 0.714. The lowest BCUT2D eigenvalue weighted by molar-refractivity contribution is 0.0924. The molecule has 0 fully saturated rings. The zero-order valence-corrected chi connectivity index (χ0v) is 13.6. The minimum Gasteiger partial charge on any atom is -0.349 e. The number of fused-ring (bicyclic) bond motifs is 1. The van der Waals surface area contributed by atoms with Gasteiger partial charge in [0.15, 0.2) is 17.5 Å². The number of aryl methyl sites for hydroxylation is 1. The highest BCUT2D eigenvalue weighted by atomic mass is 19.2. The van der Waals surface area contributed by atoms with Crippen LogP contribution in [0.15, 0.2) is 24.4 Å². The summed E-state index contributed by atoms with van der Waals surface area (Å²) in [7, 11) is 0. The molecule has 3 heterocycles. The van der Waals surface area contributed by atoms with Crippen LogP contribution in [0.25, 0.3) is 22.8 Å². The lowest BCUT2D eigenvalue weighted by atomic mass is 10.1. The van der Waals surface area contributed by atoms with E-state index in [1.165, 1.54) is 29.9 Å². The van der Waals surface area contributed by atoms with Crippen LogP contribution in [0.5, 0.6) is 0 Å². The fraction of sp³-hybridized carbons (Fsp3) is 0.176. The van der Waals surface area contributed by atoms with Gasteiger partial charge in [-0.3, -0.25) is 9.48 Å². The molecule has 0 atom stereocenters. The Labute approximate surface area is 145 Å². The Balaban J connectivity index is 1.82. The zero-order valence-electron chi connectivity index (χ0n) is 13.6. The molecule has 0 aliphatic carbocycles. The Morgan fingerprint density at radius 2 is 1.96 bits per heavy atom. The maximum Gasteiger partial charge on any atom is 0.269 e. The van der Waals surface area contributed by atoms with Gasteiger partial charge in [0.05, 0.1) is 17.8 Å². The molecule has 1 N–H and O–H groups in total. The summed E-state index contributed by atoms with van der Waals surface area (Å²) in [4.78, 5) is 19.8. The van der Waals surface area contributed by atoms with Gasteiger partial charge in [0.25, 0.3) is 5.91 Å². The molecule has 9 heteroatoms. The number of carbonyl (C=O) groups excluding carboxylic acids is 1. The summed E-state index contributed by atoms with van der Waals surface area (Å²) >= 11 is 0. The normalized spacial score (nSPS) is 13.5. The van der Waals surface area contributed by atoms with Crippen molar-refractivity contribution in [3.8, 4) is 22.8 Å². The SMILES string of the molecule is Cc1cc(F)c(-c2nccc(-c3cc4n(n3)CCNC4=O)n2)c(F)c1F. The standard InChI is InChI=1S/C17H12F3N5O/c1-8-6-9(18)13(15(20)14(8)19)16-21-3-2-10(23-16)11-7-12-17(26)22-4-5-25(12)24-11/h2-3,6-7H,4-5H2,1H3,(H,22,26). The van der Waals surface area contributed by atoms with E-state index in [9.17, 15) is 18.0 Å². The molecule has 1 amide bonds. The number of nitrogens with zero attached hydrogens (tertiary/aromatic N) is 4. The van der Waals surface area contributed by atoms with E-state index in [0.717, 1.165) is 6.07 Å². The second-order valence-corrected chi connectivity index (χ2v) is 5.84. The fourth-order valence-corrected chi connectivity index (χ4v) is 2.80. The largest absolute Gasteiger partial charge is 0.349 e. The minimum absolute atomic E-state index is 0.146. The molecule has 0 radical (unpaired) electrons. The lowest BCUT2D eigenvalue weighted by Crippen LogP contribution is -2.35. The van der Waals surface area contributed by atoms with E-state index in [4.69, 9.17) is 0 Å². The van der Waals surface area contributed by atoms with Crippen molar-refractivity contribution < 1.29 is 18.0 Å². The van der Waals surface area contributed by atoms with E-state index >= 15 is 0 Å². The molecule has 1 aromatic carbocycles. The maximum absolute atomic E-state index is 14.2. The molecule has 0 bridgehead atoms. The van der Waals surface area contributed by atoms with Gasteiger partial charge in [-0.25, -0.2) is 23.1 Å². The van der Waals surface area contributed by atoms with Gasteiger partial charge in [-0.1, -0.05) is 0 Å². The monoisotopic (exact) mass is 359 g/mol. The first-order valence-corrected chi connectivity index (χ1v) is 7.79. The van der Waals surface area contributed by atoms with Crippen LogP contribution in [0.3, 0.4) is 0 Å². The molecule has 0 saturated carbocycles. The highest BCUT2D eigenvalue weighted by Crippen LogP contribution is 2.28. The van der Waals surface area contributed by atoms with Crippen molar-refractivity contribution in [2.45, 2.75) is 13.5 Å². The van der Waals surface area contributed by atoms with Gasteiger partial charge in [0, 0.05) is 12.7 Å². The number of nitrogens with one attached hydrogen (secondary N) is 1. The van der Waals surface area contributed by atoms with Crippen LogP contribution >= 0.6 is 0 Å². The summed E-state index contributed by atoms with van der Waals surface area (Å²) in [5, 5.41) is 6.98. The van der Waals surface area contributed by atoms with Gasteiger partial charge in [-0.2, -0.15) is 5.10 Å². The predicted octanol–water partition coefficient (Wildman–Crippen LogP) is 2.48. The highest BCUT2D eigenvalue weighted by Gasteiger charge is 2.23. The number of hydrogen-bond donors (Lipinski definition) is 1. The van der Waals surface area contributed by atoms with Crippen LogP contribution in [-0.4, -0.2) is 32.2 Å². The third-order valence-electron chi connectivity index (χ3n) is 4.10. The first kappa shape index (κ1) is 16.2. The fourth-order valence-electron chi connectivity index (χ4n) is 2.80. The molecule has 0 spiro atoms. The zero-order chi connectivity index (χ0) is 18.4. The van der Waals surface area contributed by atoms with Gasteiger partial charge in [-0.15, -0.1) is 0 Å². The van der Waals surface area contributed by atoms with Crippen molar-refractivity contribution in [1.29, 1.82) is 0 Å². The van der Waals surface area contributed by atoms with E-state index in [-0.39, 0.29) is 23.0 Å². The number of halogens is 3. The van der Waals surface area contributed by atoms with E-state index in [0.29, 0.717) is 24.5 Å². The van der Waals surface area contributed by atoms with Gasteiger partial charge >= 0.3 is 0 Å². The van der Waals surface area contributed by atoms with E-state index < -0.39 is 23.0 Å². The van der Waals surface area contributed by atoms with Gasteiger partial charge in [0.1, 0.15) is 17.2 Å². The summed E-state index contributed by atoms with van der Waals surface area (Å²) < 4.78 is 43.8. The molecular formula is C17H12F3N5O. The first-order valence-electron chi connectivity index (χ1n) is 7.79. The second-order valence-electron chi connectivity index (χ2n) is 5.84. The summed E-state index contributed by atoms with van der Waals surface area (Å²) in [6, 6.07) is 3.92. The number of rotatable bonds is 2. The Bertz CT molecular complexity index is 1050. The highest BCUT2D eigenvalue weighted by molar-refractivity contribution is 5.94. The molecule has 6 nitrogen and oxygen atoms in total. The summed E-state index contributed by atoms with van der Waals surface area (Å²) in [6.45, 7) is 2.23. The molecule has 4 rings (SSSR count). The molecule has 1 aliphatic rings. The number of carbonyl (C=O) groups is 1. The maximum atomic E-state index is 14.2. The summed E-state index contributed by atoms with van der Waals surface area (Å²) in [5.74, 6) is -4.01. The van der Waals surface area contributed by atoms with Crippen molar-refractivity contribution in [3.05, 3.63) is 53.1 Å². The van der Waals surface area contributed by atoms with Crippen LogP contribution in [0.1, 0.15) is 16.1 Å². The van der Waals surface area contributed by atoms with Gasteiger partial charge in [-0.05, 0) is 30.7 Å². The molecule has 3 aromatic rings. The average molecular weight is 359 g/mol. The van der Waals surface area contributed by atoms with Crippen molar-refractivity contribution in [2.24, 2.45) is 0 Å². The van der Waals surface area contributed by atoms with Crippen LogP contribution < -0.4 is 5.32 Å². The van der Waals surface area contributed by atoms with E-state index in [2.05, 4.69) is 20.4 Å². The minimum atomic E-state index is -1.34. The number of benzene rings is 1. The molecule has 1 aliphatic heterocycles.